The topological polar surface area (TPSA) is 56.8 Å². The van der Waals surface area contributed by atoms with Crippen molar-refractivity contribution in [3.8, 4) is 0 Å². The number of rotatable bonds is 7. The standard InChI is InChI=1S/C8H19NO4Si/c1-5-9-8(10)6-7-14(11-2,12-3)13-4/h5-7H2,1-4H3,(H,9,10). The molecule has 0 aliphatic carbocycles. The zero-order valence-corrected chi connectivity index (χ0v) is 10.3. The number of nitrogens with one attached hydrogen (secondary N) is 1. The van der Waals surface area contributed by atoms with Gasteiger partial charge in [-0.2, -0.15) is 0 Å². The number of amides is 1. The van der Waals surface area contributed by atoms with Crippen LogP contribution in [0.1, 0.15) is 13.3 Å². The van der Waals surface area contributed by atoms with Crippen molar-refractivity contribution in [3.63, 3.8) is 0 Å². The number of carbonyl (C=O) groups excluding carboxylic acids is 1. The van der Waals surface area contributed by atoms with E-state index in [9.17, 15) is 4.79 Å². The number of hydrogen-bond acceptors (Lipinski definition) is 4. The third kappa shape index (κ3) is 4.19. The molecule has 0 fully saturated rings. The Kier molecular flexibility index (Phi) is 6.72. The van der Waals surface area contributed by atoms with E-state index in [1.807, 2.05) is 6.92 Å². The maximum atomic E-state index is 11.2. The molecule has 0 unspecified atom stereocenters. The van der Waals surface area contributed by atoms with E-state index in [0.29, 0.717) is 19.0 Å². The van der Waals surface area contributed by atoms with Gasteiger partial charge in [-0.15, -0.1) is 0 Å². The SMILES string of the molecule is CCNC(=O)CC[Si](OC)(OC)OC. The third-order valence-corrected chi connectivity index (χ3v) is 4.69. The smallest absolute Gasteiger partial charge is 0.377 e. The minimum atomic E-state index is -2.57. The molecule has 0 radical (unpaired) electrons. The van der Waals surface area contributed by atoms with Crippen molar-refractivity contribution in [1.82, 2.24) is 5.32 Å². The van der Waals surface area contributed by atoms with Gasteiger partial charge in [-0.25, -0.2) is 0 Å². The van der Waals surface area contributed by atoms with E-state index in [1.165, 1.54) is 21.3 Å². The lowest BCUT2D eigenvalue weighted by atomic mass is 10.4. The van der Waals surface area contributed by atoms with E-state index in [0.717, 1.165) is 0 Å². The molecule has 5 nitrogen and oxygen atoms in total. The van der Waals surface area contributed by atoms with Crippen LogP contribution in [0.5, 0.6) is 0 Å². The Morgan fingerprint density at radius 2 is 1.71 bits per heavy atom. The van der Waals surface area contributed by atoms with Gasteiger partial charge in [0.2, 0.25) is 5.91 Å². The van der Waals surface area contributed by atoms with Crippen molar-refractivity contribution in [3.05, 3.63) is 0 Å². The minimum absolute atomic E-state index is 0.00414. The molecular formula is C8H19NO4Si. The van der Waals surface area contributed by atoms with Crippen LogP contribution in [0.25, 0.3) is 0 Å². The molecule has 0 aliphatic rings. The summed E-state index contributed by atoms with van der Waals surface area (Å²) in [7, 11) is 2.05. The first kappa shape index (κ1) is 13.6. The molecule has 0 saturated heterocycles. The van der Waals surface area contributed by atoms with Gasteiger partial charge in [-0.3, -0.25) is 4.79 Å². The molecule has 0 heterocycles. The van der Waals surface area contributed by atoms with Gasteiger partial charge >= 0.3 is 8.80 Å². The maximum absolute atomic E-state index is 11.2. The highest BCUT2D eigenvalue weighted by Crippen LogP contribution is 2.14. The van der Waals surface area contributed by atoms with Crippen molar-refractivity contribution in [1.29, 1.82) is 0 Å². The Labute approximate surface area is 86.1 Å². The Morgan fingerprint density at radius 1 is 1.21 bits per heavy atom. The van der Waals surface area contributed by atoms with E-state index >= 15 is 0 Å². The summed E-state index contributed by atoms with van der Waals surface area (Å²) in [4.78, 5) is 11.2. The molecule has 84 valence electrons. The Morgan fingerprint density at radius 3 is 2.07 bits per heavy atom. The predicted molar refractivity (Wildman–Crippen MR) is 54.9 cm³/mol. The van der Waals surface area contributed by atoms with Crippen LogP contribution in [0, 0.1) is 0 Å². The fourth-order valence-electron chi connectivity index (χ4n) is 1.11. The van der Waals surface area contributed by atoms with Crippen molar-refractivity contribution in [2.75, 3.05) is 27.9 Å². The molecule has 0 aliphatic heterocycles. The van der Waals surface area contributed by atoms with Crippen LogP contribution < -0.4 is 5.32 Å². The summed E-state index contributed by atoms with van der Waals surface area (Å²) in [6.07, 6.45) is 0.371. The van der Waals surface area contributed by atoms with Gasteiger partial charge < -0.3 is 18.6 Å². The highest BCUT2D eigenvalue weighted by atomic mass is 28.4. The van der Waals surface area contributed by atoms with Crippen molar-refractivity contribution >= 4 is 14.7 Å². The van der Waals surface area contributed by atoms with Crippen LogP contribution in [0.4, 0.5) is 0 Å². The Hall–Kier alpha value is -0.433. The lowest BCUT2D eigenvalue weighted by Crippen LogP contribution is -2.43. The molecule has 14 heavy (non-hydrogen) atoms. The lowest BCUT2D eigenvalue weighted by molar-refractivity contribution is -0.120. The molecule has 0 aromatic carbocycles. The molecule has 0 saturated carbocycles. The maximum Gasteiger partial charge on any atom is 0.500 e. The van der Waals surface area contributed by atoms with Crippen LogP contribution in [-0.2, 0) is 18.1 Å². The van der Waals surface area contributed by atoms with Gasteiger partial charge in [0.25, 0.3) is 0 Å². The quantitative estimate of drug-likeness (QED) is 0.632. The van der Waals surface area contributed by atoms with E-state index in [4.69, 9.17) is 13.3 Å². The van der Waals surface area contributed by atoms with Gasteiger partial charge in [0.15, 0.2) is 0 Å². The summed E-state index contributed by atoms with van der Waals surface area (Å²) in [6, 6.07) is 0.502. The zero-order chi connectivity index (χ0) is 11.0. The molecule has 1 amide bonds. The summed E-state index contributed by atoms with van der Waals surface area (Å²) in [5, 5.41) is 2.71. The molecule has 1 N–H and O–H groups in total. The van der Waals surface area contributed by atoms with Gasteiger partial charge in [0.05, 0.1) is 0 Å². The van der Waals surface area contributed by atoms with E-state index < -0.39 is 8.80 Å². The molecule has 0 spiro atoms. The minimum Gasteiger partial charge on any atom is -0.377 e. The first-order valence-electron chi connectivity index (χ1n) is 4.56. The largest absolute Gasteiger partial charge is 0.500 e. The molecule has 6 heteroatoms. The summed E-state index contributed by atoms with van der Waals surface area (Å²) < 4.78 is 15.5. The lowest BCUT2D eigenvalue weighted by Gasteiger charge is -2.23. The average molecular weight is 221 g/mol. The fourth-order valence-corrected chi connectivity index (χ4v) is 2.75. The second-order valence-electron chi connectivity index (χ2n) is 2.75. The molecule has 0 bridgehead atoms. The van der Waals surface area contributed by atoms with Gasteiger partial charge in [-0.05, 0) is 6.92 Å². The first-order valence-corrected chi connectivity index (χ1v) is 6.49. The molecule has 0 atom stereocenters. The fraction of sp³-hybridized carbons (Fsp3) is 0.875. The highest BCUT2D eigenvalue weighted by molar-refractivity contribution is 6.60. The van der Waals surface area contributed by atoms with Gasteiger partial charge in [0.1, 0.15) is 0 Å². The summed E-state index contributed by atoms with van der Waals surface area (Å²) in [6.45, 7) is 2.52. The van der Waals surface area contributed by atoms with E-state index in [1.54, 1.807) is 0 Å². The molecule has 0 aromatic heterocycles. The number of hydrogen-bond donors (Lipinski definition) is 1. The molecule has 0 rings (SSSR count). The van der Waals surface area contributed by atoms with Gasteiger partial charge in [0, 0.05) is 40.3 Å². The van der Waals surface area contributed by atoms with E-state index in [-0.39, 0.29) is 5.91 Å². The average Bonchev–Trinajstić information content (AvgIpc) is 2.21. The zero-order valence-electron chi connectivity index (χ0n) is 9.25. The van der Waals surface area contributed by atoms with Crippen LogP contribution >= 0.6 is 0 Å². The van der Waals surface area contributed by atoms with E-state index in [2.05, 4.69) is 5.32 Å². The summed E-state index contributed by atoms with van der Waals surface area (Å²) in [5.41, 5.74) is 0. The van der Waals surface area contributed by atoms with Crippen LogP contribution in [0.3, 0.4) is 0 Å². The predicted octanol–water partition coefficient (Wildman–Crippen LogP) is 0.391. The van der Waals surface area contributed by atoms with Crippen molar-refractivity contribution in [2.24, 2.45) is 0 Å². The van der Waals surface area contributed by atoms with Crippen LogP contribution in [0.2, 0.25) is 6.04 Å². The highest BCUT2D eigenvalue weighted by Gasteiger charge is 2.37. The first-order chi connectivity index (χ1) is 6.64. The van der Waals surface area contributed by atoms with Crippen molar-refractivity contribution < 1.29 is 18.1 Å². The second kappa shape index (κ2) is 6.94. The Bertz CT molecular complexity index is 164. The third-order valence-electron chi connectivity index (χ3n) is 1.97. The summed E-state index contributed by atoms with van der Waals surface area (Å²) >= 11 is 0. The normalized spacial score (nSPS) is 11.4. The second-order valence-corrected chi connectivity index (χ2v) is 5.84. The Balaban J connectivity index is 3.99. The molecule has 0 aromatic rings. The molecular weight excluding hydrogens is 202 g/mol. The van der Waals surface area contributed by atoms with Gasteiger partial charge in [-0.1, -0.05) is 0 Å². The monoisotopic (exact) mass is 221 g/mol. The number of carbonyl (C=O) groups is 1. The van der Waals surface area contributed by atoms with Crippen molar-refractivity contribution in [2.45, 2.75) is 19.4 Å². The van der Waals surface area contributed by atoms with Crippen LogP contribution in [-0.4, -0.2) is 42.6 Å². The van der Waals surface area contributed by atoms with Crippen LogP contribution in [0.15, 0.2) is 0 Å². The summed E-state index contributed by atoms with van der Waals surface area (Å²) in [5.74, 6) is -0.00414.